The van der Waals surface area contributed by atoms with Gasteiger partial charge in [0.1, 0.15) is 24.0 Å². The minimum absolute atomic E-state index is 0.0177. The molecule has 6 heteroatoms. The molecule has 0 bridgehead atoms. The van der Waals surface area contributed by atoms with E-state index < -0.39 is 11.7 Å². The molecule has 0 radical (unpaired) electrons. The van der Waals surface area contributed by atoms with Crippen molar-refractivity contribution in [2.24, 2.45) is 5.16 Å². The first-order chi connectivity index (χ1) is 13.4. The summed E-state index contributed by atoms with van der Waals surface area (Å²) in [7, 11) is 0. The van der Waals surface area contributed by atoms with Crippen LogP contribution in [0, 0.1) is 0 Å². The fourth-order valence-corrected chi connectivity index (χ4v) is 4.34. The van der Waals surface area contributed by atoms with Crippen molar-refractivity contribution >= 4 is 5.71 Å². The van der Waals surface area contributed by atoms with Crippen molar-refractivity contribution in [2.75, 3.05) is 26.4 Å². The normalized spacial score (nSPS) is 26.8. The van der Waals surface area contributed by atoms with Crippen LogP contribution in [0.3, 0.4) is 0 Å². The topological polar surface area (TPSA) is 83.3 Å². The third-order valence-corrected chi connectivity index (χ3v) is 5.59. The summed E-state index contributed by atoms with van der Waals surface area (Å²) in [5.41, 5.74) is 2.51. The van der Waals surface area contributed by atoms with Crippen molar-refractivity contribution in [3.8, 4) is 0 Å². The van der Waals surface area contributed by atoms with Crippen molar-refractivity contribution < 1.29 is 19.8 Å². The Morgan fingerprint density at radius 3 is 2.82 bits per heavy atom. The number of benzene rings is 1. The Morgan fingerprint density at radius 1 is 1.29 bits per heavy atom. The molecule has 2 aliphatic carbocycles. The van der Waals surface area contributed by atoms with Gasteiger partial charge in [0.25, 0.3) is 0 Å². The Hall–Kier alpha value is -1.47. The zero-order valence-electron chi connectivity index (χ0n) is 17.3. The van der Waals surface area contributed by atoms with Crippen molar-refractivity contribution in [2.45, 2.75) is 69.6 Å². The second-order valence-electron chi connectivity index (χ2n) is 8.87. The smallest absolute Gasteiger partial charge is 0.144 e. The largest absolute Gasteiger partial charge is 0.394 e. The van der Waals surface area contributed by atoms with Crippen molar-refractivity contribution in [1.29, 1.82) is 0 Å². The van der Waals surface area contributed by atoms with E-state index in [1.54, 1.807) is 0 Å². The average molecular weight is 391 g/mol. The molecular formula is C22H34N2O4. The number of nitrogens with one attached hydrogen (secondary N) is 1. The third kappa shape index (κ3) is 4.57. The van der Waals surface area contributed by atoms with Gasteiger partial charge in [0.05, 0.1) is 13.2 Å². The van der Waals surface area contributed by atoms with Gasteiger partial charge in [-0.3, -0.25) is 0 Å². The van der Waals surface area contributed by atoms with Crippen molar-refractivity contribution in [3.05, 3.63) is 35.4 Å². The molecule has 0 aliphatic heterocycles. The highest BCUT2D eigenvalue weighted by atomic mass is 16.6. The zero-order chi connectivity index (χ0) is 20.2. The summed E-state index contributed by atoms with van der Waals surface area (Å²) in [6.07, 6.45) is 3.49. The monoisotopic (exact) mass is 390 g/mol. The quantitative estimate of drug-likeness (QED) is 0.594. The molecule has 0 spiro atoms. The summed E-state index contributed by atoms with van der Waals surface area (Å²) in [6, 6.07) is 8.27. The summed E-state index contributed by atoms with van der Waals surface area (Å²) in [6.45, 7) is 7.00. The van der Waals surface area contributed by atoms with E-state index in [4.69, 9.17) is 9.57 Å². The van der Waals surface area contributed by atoms with Crippen LogP contribution >= 0.6 is 0 Å². The zero-order valence-corrected chi connectivity index (χ0v) is 17.3. The highest BCUT2D eigenvalue weighted by Crippen LogP contribution is 2.51. The van der Waals surface area contributed by atoms with Gasteiger partial charge in [0.15, 0.2) is 0 Å². The lowest BCUT2D eigenvalue weighted by Crippen LogP contribution is -2.45. The molecule has 3 unspecified atom stereocenters. The Bertz CT molecular complexity index is 685. The van der Waals surface area contributed by atoms with E-state index in [0.717, 1.165) is 37.0 Å². The summed E-state index contributed by atoms with van der Waals surface area (Å²) < 4.78 is 6.25. The Labute approximate surface area is 167 Å². The molecule has 156 valence electrons. The van der Waals surface area contributed by atoms with Crippen LogP contribution in [0.1, 0.15) is 63.5 Å². The predicted octanol–water partition coefficient (Wildman–Crippen LogP) is 2.58. The van der Waals surface area contributed by atoms with Crippen LogP contribution in [0.25, 0.3) is 0 Å². The summed E-state index contributed by atoms with van der Waals surface area (Å²) in [5.74, 6) is 0.235. The van der Waals surface area contributed by atoms with Gasteiger partial charge in [-0.05, 0) is 39.2 Å². The first-order valence-corrected chi connectivity index (χ1v) is 10.3. The molecule has 28 heavy (non-hydrogen) atoms. The molecule has 2 aliphatic rings. The molecule has 0 amide bonds. The number of β-amino-alcohol motifs (C(OH)–C–C–N with tert-alkyl or cyclic N) is 1. The van der Waals surface area contributed by atoms with Gasteiger partial charge < -0.3 is 25.1 Å². The Balaban J connectivity index is 1.79. The van der Waals surface area contributed by atoms with Gasteiger partial charge in [-0.2, -0.15) is 0 Å². The third-order valence-electron chi connectivity index (χ3n) is 5.59. The molecule has 3 rings (SSSR count). The number of fused-ring (bicyclic) bond motifs is 3. The molecule has 1 saturated carbocycles. The number of aliphatic hydroxyl groups is 2. The fourth-order valence-electron chi connectivity index (χ4n) is 4.34. The molecule has 3 atom stereocenters. The summed E-state index contributed by atoms with van der Waals surface area (Å²) >= 11 is 0. The Kier molecular flexibility index (Phi) is 6.76. The maximum absolute atomic E-state index is 10.2. The summed E-state index contributed by atoms with van der Waals surface area (Å²) in [5, 5.41) is 27.3. The van der Waals surface area contributed by atoms with E-state index in [2.05, 4.69) is 49.4 Å². The van der Waals surface area contributed by atoms with E-state index in [1.807, 2.05) is 6.07 Å². The summed E-state index contributed by atoms with van der Waals surface area (Å²) in [4.78, 5) is 5.61. The minimum atomic E-state index is -0.642. The Morgan fingerprint density at radius 2 is 2.07 bits per heavy atom. The molecule has 0 saturated heterocycles. The first-order valence-electron chi connectivity index (χ1n) is 10.3. The SMILES string of the molecule is CC(C)(C)NCC(O)CO/N=C1/c2ccccc2C2CCCCC12OCCO. The van der Waals surface area contributed by atoms with E-state index in [1.165, 1.54) is 5.56 Å². The van der Waals surface area contributed by atoms with Gasteiger partial charge in [-0.15, -0.1) is 0 Å². The van der Waals surface area contributed by atoms with E-state index in [0.29, 0.717) is 6.54 Å². The number of oxime groups is 1. The lowest BCUT2D eigenvalue weighted by atomic mass is 9.75. The van der Waals surface area contributed by atoms with Crippen LogP contribution in [0.5, 0.6) is 0 Å². The van der Waals surface area contributed by atoms with Crippen LogP contribution in [-0.4, -0.2) is 59.5 Å². The van der Waals surface area contributed by atoms with Crippen molar-refractivity contribution in [3.63, 3.8) is 0 Å². The molecule has 1 fully saturated rings. The molecule has 1 aromatic rings. The molecule has 0 aromatic heterocycles. The highest BCUT2D eigenvalue weighted by Gasteiger charge is 2.53. The van der Waals surface area contributed by atoms with E-state index >= 15 is 0 Å². The number of aliphatic hydroxyl groups excluding tert-OH is 2. The fraction of sp³-hybridized carbons (Fsp3) is 0.682. The van der Waals surface area contributed by atoms with Crippen LogP contribution in [0.4, 0.5) is 0 Å². The number of nitrogens with zero attached hydrogens (tertiary/aromatic N) is 1. The van der Waals surface area contributed by atoms with Crippen LogP contribution in [0.2, 0.25) is 0 Å². The number of hydrogen-bond acceptors (Lipinski definition) is 6. The molecule has 1 aromatic carbocycles. The lowest BCUT2D eigenvalue weighted by Gasteiger charge is -2.39. The minimum Gasteiger partial charge on any atom is -0.394 e. The number of rotatable bonds is 8. The number of ether oxygens (including phenoxy) is 1. The maximum Gasteiger partial charge on any atom is 0.144 e. The second kappa shape index (κ2) is 8.91. The number of hydrogen-bond donors (Lipinski definition) is 3. The van der Waals surface area contributed by atoms with Crippen LogP contribution in [0.15, 0.2) is 29.4 Å². The standard InChI is InChI=1S/C22H34N2O4/c1-21(2,3)23-14-16(26)15-28-24-20-18-9-5-4-8-17(18)19-10-6-7-11-22(19,20)27-13-12-25/h4-5,8-9,16,19,23,25-26H,6-7,10-15H2,1-3H3/b24-20-. The van der Waals surface area contributed by atoms with Gasteiger partial charge in [0.2, 0.25) is 0 Å². The van der Waals surface area contributed by atoms with Gasteiger partial charge >= 0.3 is 0 Å². The second-order valence-corrected chi connectivity index (χ2v) is 8.87. The molecular weight excluding hydrogens is 356 g/mol. The van der Waals surface area contributed by atoms with Gasteiger partial charge in [0, 0.05) is 23.6 Å². The van der Waals surface area contributed by atoms with Crippen LogP contribution in [-0.2, 0) is 9.57 Å². The molecule has 0 heterocycles. The predicted molar refractivity (Wildman–Crippen MR) is 110 cm³/mol. The lowest BCUT2D eigenvalue weighted by molar-refractivity contribution is -0.0455. The van der Waals surface area contributed by atoms with Gasteiger partial charge in [-0.25, -0.2) is 0 Å². The van der Waals surface area contributed by atoms with E-state index in [-0.39, 0.29) is 31.3 Å². The highest BCUT2D eigenvalue weighted by molar-refractivity contribution is 6.11. The van der Waals surface area contributed by atoms with Gasteiger partial charge in [-0.1, -0.05) is 42.3 Å². The first kappa shape index (κ1) is 21.2. The molecule has 6 nitrogen and oxygen atoms in total. The molecule has 3 N–H and O–H groups in total. The average Bonchev–Trinajstić information content (AvgIpc) is 2.95. The maximum atomic E-state index is 10.2. The van der Waals surface area contributed by atoms with Crippen molar-refractivity contribution in [1.82, 2.24) is 5.32 Å². The van der Waals surface area contributed by atoms with E-state index in [9.17, 15) is 10.2 Å². The van der Waals surface area contributed by atoms with Crippen LogP contribution < -0.4 is 5.32 Å².